The molecule has 114 valence electrons. The second-order valence-corrected chi connectivity index (χ2v) is 4.45. The number of hydrogen-bond donors (Lipinski definition) is 2. The molecule has 0 fully saturated rings. The molecule has 0 aliphatic carbocycles. The van der Waals surface area contributed by atoms with Gasteiger partial charge in [0.25, 0.3) is 5.91 Å². The van der Waals surface area contributed by atoms with Crippen molar-refractivity contribution in [2.45, 2.75) is 20.3 Å². The summed E-state index contributed by atoms with van der Waals surface area (Å²) in [4.78, 5) is 36.0. The Labute approximate surface area is 123 Å². The summed E-state index contributed by atoms with van der Waals surface area (Å²) in [5.41, 5.74) is 0.499. The van der Waals surface area contributed by atoms with Crippen LogP contribution in [0.1, 0.15) is 41.0 Å². The lowest BCUT2D eigenvalue weighted by Gasteiger charge is -2.18. The Morgan fingerprint density at radius 2 is 1.57 bits per heavy atom. The Bertz CT molecular complexity index is 507. The minimum Gasteiger partial charge on any atom is -0.478 e. The lowest BCUT2D eigenvalue weighted by molar-refractivity contribution is -0.130. The Balaban J connectivity index is 2.47. The fourth-order valence-corrected chi connectivity index (χ4v) is 1.88. The number of carbonyl (C=O) groups excluding carboxylic acids is 2. The molecular weight excluding hydrogens is 272 g/mol. The molecule has 1 rings (SSSR count). The normalized spacial score (nSPS) is 10.0. The van der Waals surface area contributed by atoms with Crippen LogP contribution in [0.3, 0.4) is 0 Å². The van der Waals surface area contributed by atoms with E-state index in [4.69, 9.17) is 5.11 Å². The maximum Gasteiger partial charge on any atom is 0.335 e. The van der Waals surface area contributed by atoms with Gasteiger partial charge in [-0.2, -0.15) is 0 Å². The van der Waals surface area contributed by atoms with E-state index >= 15 is 0 Å². The minimum absolute atomic E-state index is 0.00141. The third-order valence-corrected chi connectivity index (χ3v) is 3.13. The van der Waals surface area contributed by atoms with Gasteiger partial charge in [-0.25, -0.2) is 4.79 Å². The van der Waals surface area contributed by atoms with Crippen LogP contribution in [-0.2, 0) is 4.79 Å². The van der Waals surface area contributed by atoms with E-state index in [-0.39, 0.29) is 30.3 Å². The first-order valence-corrected chi connectivity index (χ1v) is 6.88. The highest BCUT2D eigenvalue weighted by Crippen LogP contribution is 2.04. The van der Waals surface area contributed by atoms with Crippen molar-refractivity contribution in [1.82, 2.24) is 10.2 Å². The minimum atomic E-state index is -1.04. The maximum atomic E-state index is 11.8. The quantitative estimate of drug-likeness (QED) is 0.794. The van der Waals surface area contributed by atoms with E-state index in [0.717, 1.165) is 0 Å². The largest absolute Gasteiger partial charge is 0.478 e. The second kappa shape index (κ2) is 8.04. The van der Waals surface area contributed by atoms with Crippen molar-refractivity contribution >= 4 is 17.8 Å². The standard InChI is InChI=1S/C15H20N2O4/c1-3-17(4-2)13(18)9-10-16-14(19)11-5-7-12(8-6-11)15(20)21/h5-8H,3-4,9-10H2,1-2H3,(H,16,19)(H,20,21). The summed E-state index contributed by atoms with van der Waals surface area (Å²) in [6, 6.07) is 5.65. The summed E-state index contributed by atoms with van der Waals surface area (Å²) in [6.45, 7) is 5.38. The number of carboxylic acid groups (broad SMARTS) is 1. The van der Waals surface area contributed by atoms with Crippen LogP contribution in [0, 0.1) is 0 Å². The van der Waals surface area contributed by atoms with Crippen molar-refractivity contribution in [2.24, 2.45) is 0 Å². The van der Waals surface area contributed by atoms with E-state index in [1.807, 2.05) is 13.8 Å². The molecule has 0 heterocycles. The first-order valence-electron chi connectivity index (χ1n) is 6.88. The fourth-order valence-electron chi connectivity index (χ4n) is 1.88. The van der Waals surface area contributed by atoms with Crippen LogP contribution in [0.2, 0.25) is 0 Å². The highest BCUT2D eigenvalue weighted by atomic mass is 16.4. The molecule has 0 spiro atoms. The molecule has 0 aromatic heterocycles. The Morgan fingerprint density at radius 3 is 2.05 bits per heavy atom. The average Bonchev–Trinajstić information content (AvgIpc) is 2.48. The van der Waals surface area contributed by atoms with Crippen LogP contribution in [-0.4, -0.2) is 47.4 Å². The first-order chi connectivity index (χ1) is 9.99. The van der Waals surface area contributed by atoms with E-state index in [9.17, 15) is 14.4 Å². The average molecular weight is 292 g/mol. The number of nitrogens with zero attached hydrogens (tertiary/aromatic N) is 1. The molecule has 2 amide bonds. The molecular formula is C15H20N2O4. The van der Waals surface area contributed by atoms with Gasteiger partial charge in [0.05, 0.1) is 5.56 Å². The Morgan fingerprint density at radius 1 is 1.05 bits per heavy atom. The van der Waals surface area contributed by atoms with E-state index in [1.165, 1.54) is 24.3 Å². The zero-order valence-corrected chi connectivity index (χ0v) is 12.3. The van der Waals surface area contributed by atoms with Gasteiger partial charge in [0.1, 0.15) is 0 Å². The zero-order chi connectivity index (χ0) is 15.8. The van der Waals surface area contributed by atoms with Gasteiger partial charge in [0, 0.05) is 31.6 Å². The molecule has 0 saturated heterocycles. The lowest BCUT2D eigenvalue weighted by atomic mass is 10.1. The number of carbonyl (C=O) groups is 3. The van der Waals surface area contributed by atoms with Crippen molar-refractivity contribution in [3.63, 3.8) is 0 Å². The summed E-state index contributed by atoms with van der Waals surface area (Å²) in [5.74, 6) is -1.35. The topological polar surface area (TPSA) is 86.7 Å². The van der Waals surface area contributed by atoms with Gasteiger partial charge in [0.15, 0.2) is 0 Å². The molecule has 6 heteroatoms. The molecule has 0 radical (unpaired) electrons. The fraction of sp³-hybridized carbons (Fsp3) is 0.400. The van der Waals surface area contributed by atoms with Gasteiger partial charge in [-0.3, -0.25) is 9.59 Å². The second-order valence-electron chi connectivity index (χ2n) is 4.45. The summed E-state index contributed by atoms with van der Waals surface area (Å²) >= 11 is 0. The van der Waals surface area contributed by atoms with Crippen LogP contribution >= 0.6 is 0 Å². The van der Waals surface area contributed by atoms with Gasteiger partial charge in [-0.1, -0.05) is 0 Å². The van der Waals surface area contributed by atoms with Crippen LogP contribution < -0.4 is 5.32 Å². The molecule has 1 aromatic carbocycles. The predicted molar refractivity (Wildman–Crippen MR) is 78.3 cm³/mol. The van der Waals surface area contributed by atoms with Crippen LogP contribution in [0.4, 0.5) is 0 Å². The number of nitrogens with one attached hydrogen (secondary N) is 1. The highest BCUT2D eigenvalue weighted by molar-refractivity contribution is 5.96. The third-order valence-electron chi connectivity index (χ3n) is 3.13. The molecule has 0 aliphatic heterocycles. The van der Waals surface area contributed by atoms with Crippen molar-refractivity contribution in [3.05, 3.63) is 35.4 Å². The third kappa shape index (κ3) is 4.91. The lowest BCUT2D eigenvalue weighted by Crippen LogP contribution is -2.34. The van der Waals surface area contributed by atoms with E-state index < -0.39 is 5.97 Å². The Hall–Kier alpha value is -2.37. The molecule has 0 saturated carbocycles. The SMILES string of the molecule is CCN(CC)C(=O)CCNC(=O)c1ccc(C(=O)O)cc1. The van der Waals surface area contributed by atoms with Crippen molar-refractivity contribution in [1.29, 1.82) is 0 Å². The monoisotopic (exact) mass is 292 g/mol. The molecule has 6 nitrogen and oxygen atoms in total. The summed E-state index contributed by atoms with van der Waals surface area (Å²) < 4.78 is 0. The van der Waals surface area contributed by atoms with Crippen molar-refractivity contribution in [2.75, 3.05) is 19.6 Å². The predicted octanol–water partition coefficient (Wildman–Crippen LogP) is 1.37. The molecule has 1 aromatic rings. The molecule has 2 N–H and O–H groups in total. The van der Waals surface area contributed by atoms with Gasteiger partial charge in [-0.05, 0) is 38.1 Å². The molecule has 0 aliphatic rings. The van der Waals surface area contributed by atoms with E-state index in [2.05, 4.69) is 5.32 Å². The molecule has 21 heavy (non-hydrogen) atoms. The summed E-state index contributed by atoms with van der Waals surface area (Å²) in [5, 5.41) is 11.4. The number of carboxylic acids is 1. The number of rotatable bonds is 7. The number of hydrogen-bond acceptors (Lipinski definition) is 3. The number of benzene rings is 1. The van der Waals surface area contributed by atoms with Crippen molar-refractivity contribution < 1.29 is 19.5 Å². The molecule has 0 unspecified atom stereocenters. The van der Waals surface area contributed by atoms with Gasteiger partial charge >= 0.3 is 5.97 Å². The smallest absolute Gasteiger partial charge is 0.335 e. The molecule has 0 atom stereocenters. The van der Waals surface area contributed by atoms with Gasteiger partial charge in [0.2, 0.25) is 5.91 Å². The van der Waals surface area contributed by atoms with E-state index in [1.54, 1.807) is 4.90 Å². The van der Waals surface area contributed by atoms with Gasteiger partial charge < -0.3 is 15.3 Å². The highest BCUT2D eigenvalue weighted by Gasteiger charge is 2.11. The van der Waals surface area contributed by atoms with Crippen molar-refractivity contribution in [3.8, 4) is 0 Å². The van der Waals surface area contributed by atoms with Gasteiger partial charge in [-0.15, -0.1) is 0 Å². The number of aromatic carboxylic acids is 1. The van der Waals surface area contributed by atoms with E-state index in [0.29, 0.717) is 18.7 Å². The first kappa shape index (κ1) is 16.7. The molecule has 0 bridgehead atoms. The van der Waals surface area contributed by atoms with Crippen LogP contribution in [0.15, 0.2) is 24.3 Å². The zero-order valence-electron chi connectivity index (χ0n) is 12.3. The van der Waals surface area contributed by atoms with Crippen LogP contribution in [0.5, 0.6) is 0 Å². The summed E-state index contributed by atoms with van der Waals surface area (Å²) in [7, 11) is 0. The maximum absolute atomic E-state index is 11.8. The number of amides is 2. The summed E-state index contributed by atoms with van der Waals surface area (Å²) in [6.07, 6.45) is 0.251. The Kier molecular flexibility index (Phi) is 6.39. The van der Waals surface area contributed by atoms with Crippen LogP contribution in [0.25, 0.3) is 0 Å².